The third-order valence-electron chi connectivity index (χ3n) is 2.71. The topological polar surface area (TPSA) is 27.6 Å². The molecule has 0 aliphatic carbocycles. The number of rotatable bonds is 5. The van der Waals surface area contributed by atoms with E-state index in [9.17, 15) is 0 Å². The maximum absolute atomic E-state index is 4.61. The molecule has 1 aliphatic rings. The van der Waals surface area contributed by atoms with Gasteiger partial charge in [0.15, 0.2) is 0 Å². The van der Waals surface area contributed by atoms with Gasteiger partial charge in [-0.05, 0) is 19.3 Å². The molecule has 0 atom stereocenters. The number of nitrogens with one attached hydrogen (secondary N) is 1. The quantitative estimate of drug-likeness (QED) is 0.696. The third kappa shape index (κ3) is 5.90. The fourth-order valence-electron chi connectivity index (χ4n) is 1.97. The molecule has 1 fully saturated rings. The SMILES string of the molecule is C/C(CC(C)C)=N\CCN1CCNCC1. The van der Waals surface area contributed by atoms with Gasteiger partial charge in [0.1, 0.15) is 0 Å². The van der Waals surface area contributed by atoms with Crippen LogP contribution in [0.5, 0.6) is 0 Å². The van der Waals surface area contributed by atoms with E-state index >= 15 is 0 Å². The van der Waals surface area contributed by atoms with Crippen molar-refractivity contribution in [3.8, 4) is 0 Å². The summed E-state index contributed by atoms with van der Waals surface area (Å²) in [5.74, 6) is 0.730. The predicted octanol–water partition coefficient (Wildman–Crippen LogP) is 1.40. The van der Waals surface area contributed by atoms with E-state index in [0.717, 1.165) is 38.5 Å². The van der Waals surface area contributed by atoms with Gasteiger partial charge in [0.2, 0.25) is 0 Å². The minimum absolute atomic E-state index is 0.730. The van der Waals surface area contributed by atoms with E-state index in [1.165, 1.54) is 18.8 Å². The highest BCUT2D eigenvalue weighted by Crippen LogP contribution is 2.01. The van der Waals surface area contributed by atoms with E-state index in [0.29, 0.717) is 0 Å². The first-order chi connectivity index (χ1) is 7.18. The van der Waals surface area contributed by atoms with Crippen molar-refractivity contribution in [2.24, 2.45) is 10.9 Å². The standard InChI is InChI=1S/C12H25N3/c1-11(2)10-12(3)14-6-9-15-7-4-13-5-8-15/h11,13H,4-10H2,1-3H3/b14-12+. The van der Waals surface area contributed by atoms with Crippen LogP contribution in [0, 0.1) is 5.92 Å². The Kier molecular flexibility index (Phi) is 5.88. The zero-order chi connectivity index (χ0) is 11.1. The first kappa shape index (κ1) is 12.7. The molecule has 0 aromatic rings. The summed E-state index contributed by atoms with van der Waals surface area (Å²) in [6.45, 7) is 13.4. The van der Waals surface area contributed by atoms with Crippen LogP contribution >= 0.6 is 0 Å². The number of hydrogen-bond acceptors (Lipinski definition) is 3. The second-order valence-corrected chi connectivity index (χ2v) is 4.81. The predicted molar refractivity (Wildman–Crippen MR) is 66.7 cm³/mol. The number of aliphatic imine (C=N–C) groups is 1. The van der Waals surface area contributed by atoms with Gasteiger partial charge in [-0.1, -0.05) is 13.8 Å². The molecule has 0 radical (unpaired) electrons. The summed E-state index contributed by atoms with van der Waals surface area (Å²) in [4.78, 5) is 7.10. The molecular formula is C12H25N3. The lowest BCUT2D eigenvalue weighted by Gasteiger charge is -2.26. The normalized spacial score (nSPS) is 19.9. The Morgan fingerprint density at radius 2 is 2.00 bits per heavy atom. The second-order valence-electron chi connectivity index (χ2n) is 4.81. The molecule has 0 bridgehead atoms. The Morgan fingerprint density at radius 1 is 1.33 bits per heavy atom. The van der Waals surface area contributed by atoms with E-state index in [1.807, 2.05) is 0 Å². The molecule has 0 amide bonds. The van der Waals surface area contributed by atoms with Gasteiger partial charge in [0.05, 0.1) is 6.54 Å². The largest absolute Gasteiger partial charge is 0.314 e. The highest BCUT2D eigenvalue weighted by atomic mass is 15.2. The molecule has 0 aromatic carbocycles. The van der Waals surface area contributed by atoms with Crippen molar-refractivity contribution in [3.63, 3.8) is 0 Å². The molecule has 3 heteroatoms. The molecular weight excluding hydrogens is 186 g/mol. The van der Waals surface area contributed by atoms with E-state index in [-0.39, 0.29) is 0 Å². The summed E-state index contributed by atoms with van der Waals surface area (Å²) in [5, 5.41) is 3.36. The smallest absolute Gasteiger partial charge is 0.0516 e. The van der Waals surface area contributed by atoms with Crippen LogP contribution in [0.1, 0.15) is 27.2 Å². The lowest BCUT2D eigenvalue weighted by molar-refractivity contribution is 0.247. The molecule has 1 rings (SSSR count). The molecule has 3 nitrogen and oxygen atoms in total. The van der Waals surface area contributed by atoms with E-state index in [4.69, 9.17) is 0 Å². The van der Waals surface area contributed by atoms with Crippen LogP contribution in [-0.2, 0) is 0 Å². The summed E-state index contributed by atoms with van der Waals surface area (Å²) >= 11 is 0. The van der Waals surface area contributed by atoms with Gasteiger partial charge >= 0.3 is 0 Å². The van der Waals surface area contributed by atoms with Crippen LogP contribution in [0.15, 0.2) is 4.99 Å². The van der Waals surface area contributed by atoms with Crippen molar-refractivity contribution in [1.29, 1.82) is 0 Å². The Bertz CT molecular complexity index is 193. The molecule has 1 heterocycles. The Morgan fingerprint density at radius 3 is 2.60 bits per heavy atom. The van der Waals surface area contributed by atoms with Gasteiger partial charge in [-0.15, -0.1) is 0 Å². The van der Waals surface area contributed by atoms with Crippen LogP contribution in [0.3, 0.4) is 0 Å². The molecule has 1 N–H and O–H groups in total. The van der Waals surface area contributed by atoms with Gasteiger partial charge < -0.3 is 5.32 Å². The summed E-state index contributed by atoms with van der Waals surface area (Å²) in [7, 11) is 0. The Balaban J connectivity index is 2.13. The third-order valence-corrected chi connectivity index (χ3v) is 2.71. The average Bonchev–Trinajstić information content (AvgIpc) is 2.18. The van der Waals surface area contributed by atoms with Gasteiger partial charge in [0.25, 0.3) is 0 Å². The summed E-state index contributed by atoms with van der Waals surface area (Å²) in [6, 6.07) is 0. The van der Waals surface area contributed by atoms with Crippen LogP contribution in [0.4, 0.5) is 0 Å². The lowest BCUT2D eigenvalue weighted by atomic mass is 10.1. The van der Waals surface area contributed by atoms with Gasteiger partial charge in [-0.25, -0.2) is 0 Å². The first-order valence-corrected chi connectivity index (χ1v) is 6.11. The Hall–Kier alpha value is -0.410. The van der Waals surface area contributed by atoms with E-state index in [1.54, 1.807) is 0 Å². The summed E-state index contributed by atoms with van der Waals surface area (Å²) in [6.07, 6.45) is 1.14. The van der Waals surface area contributed by atoms with Gasteiger partial charge in [-0.2, -0.15) is 0 Å². The molecule has 1 saturated heterocycles. The van der Waals surface area contributed by atoms with Crippen LogP contribution < -0.4 is 5.32 Å². The van der Waals surface area contributed by atoms with Crippen molar-refractivity contribution in [3.05, 3.63) is 0 Å². The van der Waals surface area contributed by atoms with Gasteiger partial charge in [0, 0.05) is 38.4 Å². The molecule has 1 aliphatic heterocycles. The van der Waals surface area contributed by atoms with Crippen LogP contribution in [-0.4, -0.2) is 49.9 Å². The molecule has 0 aromatic heterocycles. The zero-order valence-electron chi connectivity index (χ0n) is 10.4. The van der Waals surface area contributed by atoms with Crippen molar-refractivity contribution >= 4 is 5.71 Å². The van der Waals surface area contributed by atoms with Crippen molar-refractivity contribution in [2.75, 3.05) is 39.3 Å². The summed E-state index contributed by atoms with van der Waals surface area (Å²) in [5.41, 5.74) is 1.31. The van der Waals surface area contributed by atoms with Crippen molar-refractivity contribution in [2.45, 2.75) is 27.2 Å². The highest BCUT2D eigenvalue weighted by Gasteiger charge is 2.07. The zero-order valence-corrected chi connectivity index (χ0v) is 10.4. The average molecular weight is 211 g/mol. The number of nitrogens with zero attached hydrogens (tertiary/aromatic N) is 2. The number of hydrogen-bond donors (Lipinski definition) is 1. The summed E-state index contributed by atoms with van der Waals surface area (Å²) < 4.78 is 0. The number of piperazine rings is 1. The molecule has 0 saturated carbocycles. The molecule has 15 heavy (non-hydrogen) atoms. The Labute approximate surface area is 94.0 Å². The van der Waals surface area contributed by atoms with Crippen LogP contribution in [0.2, 0.25) is 0 Å². The first-order valence-electron chi connectivity index (χ1n) is 6.11. The second kappa shape index (κ2) is 6.96. The fraction of sp³-hybridized carbons (Fsp3) is 0.917. The van der Waals surface area contributed by atoms with Crippen molar-refractivity contribution < 1.29 is 0 Å². The minimum atomic E-state index is 0.730. The lowest BCUT2D eigenvalue weighted by Crippen LogP contribution is -2.44. The van der Waals surface area contributed by atoms with E-state index < -0.39 is 0 Å². The maximum Gasteiger partial charge on any atom is 0.0516 e. The minimum Gasteiger partial charge on any atom is -0.314 e. The fourth-order valence-corrected chi connectivity index (χ4v) is 1.97. The highest BCUT2D eigenvalue weighted by molar-refractivity contribution is 5.82. The molecule has 0 spiro atoms. The van der Waals surface area contributed by atoms with Crippen LogP contribution in [0.25, 0.3) is 0 Å². The van der Waals surface area contributed by atoms with Crippen molar-refractivity contribution in [1.82, 2.24) is 10.2 Å². The van der Waals surface area contributed by atoms with E-state index in [2.05, 4.69) is 36.0 Å². The molecule has 0 unspecified atom stereocenters. The molecule has 88 valence electrons. The van der Waals surface area contributed by atoms with Gasteiger partial charge in [-0.3, -0.25) is 9.89 Å². The monoisotopic (exact) mass is 211 g/mol. The maximum atomic E-state index is 4.61.